The lowest BCUT2D eigenvalue weighted by atomic mass is 10.0. The molecule has 1 aliphatic heterocycles. The zero-order valence-corrected chi connectivity index (χ0v) is 11.8. The zero-order valence-electron chi connectivity index (χ0n) is 11.8. The molecule has 0 radical (unpaired) electrons. The second kappa shape index (κ2) is 5.22. The molecule has 1 atom stereocenters. The number of hydrogen-bond donors (Lipinski definition) is 1. The Balaban J connectivity index is 1.95. The van der Waals surface area contributed by atoms with E-state index in [1.54, 1.807) is 0 Å². The highest BCUT2D eigenvalue weighted by atomic mass is 15.2. The summed E-state index contributed by atoms with van der Waals surface area (Å²) < 4.78 is 0. The van der Waals surface area contributed by atoms with Gasteiger partial charge in [-0.3, -0.25) is 0 Å². The van der Waals surface area contributed by atoms with Gasteiger partial charge in [0.1, 0.15) is 0 Å². The van der Waals surface area contributed by atoms with Crippen molar-refractivity contribution in [1.29, 1.82) is 0 Å². The van der Waals surface area contributed by atoms with Crippen LogP contribution in [0.4, 0.5) is 5.69 Å². The maximum atomic E-state index is 3.62. The van der Waals surface area contributed by atoms with Crippen LogP contribution in [0.1, 0.15) is 13.8 Å². The summed E-state index contributed by atoms with van der Waals surface area (Å²) in [5.74, 6) is 0.678. The lowest BCUT2D eigenvalue weighted by Gasteiger charge is -2.37. The molecular weight excluding hydrogens is 232 g/mol. The van der Waals surface area contributed by atoms with Crippen molar-refractivity contribution in [2.45, 2.75) is 19.9 Å². The van der Waals surface area contributed by atoms with Crippen molar-refractivity contribution in [2.24, 2.45) is 5.92 Å². The molecule has 2 heteroatoms. The third-order valence-corrected chi connectivity index (χ3v) is 4.12. The quantitative estimate of drug-likeness (QED) is 0.885. The van der Waals surface area contributed by atoms with Crippen LogP contribution in [-0.4, -0.2) is 25.7 Å². The Kier molecular flexibility index (Phi) is 3.43. The Morgan fingerprint density at radius 2 is 1.89 bits per heavy atom. The minimum absolute atomic E-state index is 0.590. The zero-order chi connectivity index (χ0) is 13.2. The SMILES string of the molecule is CC(C)C1CN(c2cccc3ccccc23)CCN1. The Hall–Kier alpha value is -1.54. The van der Waals surface area contributed by atoms with Crippen molar-refractivity contribution in [3.8, 4) is 0 Å². The van der Waals surface area contributed by atoms with Gasteiger partial charge in [-0.2, -0.15) is 0 Å². The third-order valence-electron chi connectivity index (χ3n) is 4.12. The number of anilines is 1. The second-order valence-electron chi connectivity index (χ2n) is 5.75. The van der Waals surface area contributed by atoms with Crippen LogP contribution in [0.3, 0.4) is 0 Å². The van der Waals surface area contributed by atoms with Gasteiger partial charge in [0, 0.05) is 36.7 Å². The molecule has 2 aromatic carbocycles. The molecule has 0 spiro atoms. The lowest BCUT2D eigenvalue weighted by molar-refractivity contribution is 0.369. The van der Waals surface area contributed by atoms with Gasteiger partial charge in [-0.1, -0.05) is 50.2 Å². The molecule has 1 heterocycles. The molecule has 1 unspecified atom stereocenters. The van der Waals surface area contributed by atoms with Crippen molar-refractivity contribution >= 4 is 16.5 Å². The van der Waals surface area contributed by atoms with Crippen LogP contribution in [0.15, 0.2) is 42.5 Å². The van der Waals surface area contributed by atoms with Crippen LogP contribution in [-0.2, 0) is 0 Å². The first-order chi connectivity index (χ1) is 9.25. The topological polar surface area (TPSA) is 15.3 Å². The van der Waals surface area contributed by atoms with E-state index < -0.39 is 0 Å². The minimum Gasteiger partial charge on any atom is -0.368 e. The van der Waals surface area contributed by atoms with Gasteiger partial charge in [-0.15, -0.1) is 0 Å². The number of rotatable bonds is 2. The molecule has 2 nitrogen and oxygen atoms in total. The number of nitrogens with zero attached hydrogens (tertiary/aromatic N) is 1. The average molecular weight is 254 g/mol. The molecule has 100 valence electrons. The second-order valence-corrected chi connectivity index (χ2v) is 5.75. The van der Waals surface area contributed by atoms with Gasteiger partial charge in [0.05, 0.1) is 0 Å². The predicted molar refractivity (Wildman–Crippen MR) is 82.8 cm³/mol. The minimum atomic E-state index is 0.590. The highest BCUT2D eigenvalue weighted by Crippen LogP contribution is 2.27. The van der Waals surface area contributed by atoms with E-state index in [2.05, 4.69) is 66.5 Å². The van der Waals surface area contributed by atoms with Crippen LogP contribution < -0.4 is 10.2 Å². The summed E-state index contributed by atoms with van der Waals surface area (Å²) in [5.41, 5.74) is 1.38. The summed E-state index contributed by atoms with van der Waals surface area (Å²) in [6, 6.07) is 15.9. The molecule has 0 amide bonds. The molecule has 0 aromatic heterocycles. The number of benzene rings is 2. The van der Waals surface area contributed by atoms with Gasteiger partial charge < -0.3 is 10.2 Å². The van der Waals surface area contributed by atoms with E-state index in [0.29, 0.717) is 12.0 Å². The fourth-order valence-corrected chi connectivity index (χ4v) is 2.93. The Morgan fingerprint density at radius 3 is 2.74 bits per heavy atom. The van der Waals surface area contributed by atoms with Crippen molar-refractivity contribution < 1.29 is 0 Å². The van der Waals surface area contributed by atoms with Crippen molar-refractivity contribution in [3.63, 3.8) is 0 Å². The first-order valence-electron chi connectivity index (χ1n) is 7.22. The normalized spacial score (nSPS) is 20.2. The average Bonchev–Trinajstić information content (AvgIpc) is 2.47. The molecule has 1 saturated heterocycles. The fourth-order valence-electron chi connectivity index (χ4n) is 2.93. The van der Waals surface area contributed by atoms with Crippen LogP contribution in [0.5, 0.6) is 0 Å². The summed E-state index contributed by atoms with van der Waals surface area (Å²) >= 11 is 0. The van der Waals surface area contributed by atoms with E-state index in [-0.39, 0.29) is 0 Å². The van der Waals surface area contributed by atoms with E-state index in [4.69, 9.17) is 0 Å². The van der Waals surface area contributed by atoms with Gasteiger partial charge in [-0.25, -0.2) is 0 Å². The maximum absolute atomic E-state index is 3.62. The molecular formula is C17H22N2. The highest BCUT2D eigenvalue weighted by Gasteiger charge is 2.22. The van der Waals surface area contributed by atoms with E-state index in [9.17, 15) is 0 Å². The standard InChI is InChI=1S/C17H22N2/c1-13(2)16-12-19(11-10-18-16)17-9-5-7-14-6-3-4-8-15(14)17/h3-9,13,16,18H,10-12H2,1-2H3. The number of fused-ring (bicyclic) bond motifs is 1. The Labute approximate surface area is 115 Å². The molecule has 2 aromatic rings. The molecule has 0 saturated carbocycles. The largest absolute Gasteiger partial charge is 0.368 e. The summed E-state index contributed by atoms with van der Waals surface area (Å²) in [4.78, 5) is 2.53. The summed E-state index contributed by atoms with van der Waals surface area (Å²) in [6.45, 7) is 7.86. The lowest BCUT2D eigenvalue weighted by Crippen LogP contribution is -2.53. The predicted octanol–water partition coefficient (Wildman–Crippen LogP) is 3.27. The van der Waals surface area contributed by atoms with Crippen molar-refractivity contribution in [2.75, 3.05) is 24.5 Å². The Morgan fingerprint density at radius 1 is 1.11 bits per heavy atom. The summed E-state index contributed by atoms with van der Waals surface area (Å²) in [5, 5.41) is 6.33. The van der Waals surface area contributed by atoms with Crippen LogP contribution in [0.25, 0.3) is 10.8 Å². The van der Waals surface area contributed by atoms with Gasteiger partial charge in [0.2, 0.25) is 0 Å². The molecule has 0 aliphatic carbocycles. The molecule has 1 N–H and O–H groups in total. The molecule has 1 aliphatic rings. The summed E-state index contributed by atoms with van der Waals surface area (Å²) in [7, 11) is 0. The highest BCUT2D eigenvalue weighted by molar-refractivity contribution is 5.94. The third kappa shape index (κ3) is 2.45. The van der Waals surface area contributed by atoms with Gasteiger partial charge in [-0.05, 0) is 17.4 Å². The Bertz CT molecular complexity index is 557. The van der Waals surface area contributed by atoms with Gasteiger partial charge >= 0.3 is 0 Å². The van der Waals surface area contributed by atoms with Crippen LogP contribution in [0, 0.1) is 5.92 Å². The van der Waals surface area contributed by atoms with Crippen LogP contribution >= 0.6 is 0 Å². The summed E-state index contributed by atoms with van der Waals surface area (Å²) in [6.07, 6.45) is 0. The number of nitrogens with one attached hydrogen (secondary N) is 1. The maximum Gasteiger partial charge on any atom is 0.0446 e. The first kappa shape index (κ1) is 12.5. The molecule has 0 bridgehead atoms. The van der Waals surface area contributed by atoms with E-state index in [0.717, 1.165) is 19.6 Å². The van der Waals surface area contributed by atoms with Crippen LogP contribution in [0.2, 0.25) is 0 Å². The van der Waals surface area contributed by atoms with Gasteiger partial charge in [0.15, 0.2) is 0 Å². The van der Waals surface area contributed by atoms with E-state index in [1.165, 1.54) is 16.5 Å². The molecule has 19 heavy (non-hydrogen) atoms. The smallest absolute Gasteiger partial charge is 0.0446 e. The molecule has 1 fully saturated rings. The van der Waals surface area contributed by atoms with Crippen molar-refractivity contribution in [1.82, 2.24) is 5.32 Å². The van der Waals surface area contributed by atoms with Crippen molar-refractivity contribution in [3.05, 3.63) is 42.5 Å². The monoisotopic (exact) mass is 254 g/mol. The number of piperazine rings is 1. The van der Waals surface area contributed by atoms with Gasteiger partial charge in [0.25, 0.3) is 0 Å². The fraction of sp³-hybridized carbons (Fsp3) is 0.412. The van der Waals surface area contributed by atoms with E-state index >= 15 is 0 Å². The first-order valence-corrected chi connectivity index (χ1v) is 7.22. The molecule has 3 rings (SSSR count). The van der Waals surface area contributed by atoms with E-state index in [1.807, 2.05) is 0 Å². The number of hydrogen-bond acceptors (Lipinski definition) is 2.